The highest BCUT2D eigenvalue weighted by molar-refractivity contribution is 5.76. The van der Waals surface area contributed by atoms with Crippen LogP contribution in [0.1, 0.15) is 48.6 Å². The molecular formula is C25H22O4. The Morgan fingerprint density at radius 3 is 1.93 bits per heavy atom. The van der Waals surface area contributed by atoms with Gasteiger partial charge >= 0.3 is 0 Å². The van der Waals surface area contributed by atoms with E-state index in [4.69, 9.17) is 9.47 Å². The SMILES string of the molecule is C=C1OC2(c3ccc(O)cc3Oc3cc(O)ccc32)c2cc(C(C)(C)C)ccc21. The van der Waals surface area contributed by atoms with E-state index in [-0.39, 0.29) is 16.9 Å². The van der Waals surface area contributed by atoms with Crippen molar-refractivity contribution in [1.29, 1.82) is 0 Å². The number of phenolic OH excluding ortho intramolecular Hbond substituents is 2. The van der Waals surface area contributed by atoms with E-state index in [1.807, 2.05) is 12.1 Å². The highest BCUT2D eigenvalue weighted by Crippen LogP contribution is 2.59. The zero-order valence-electron chi connectivity index (χ0n) is 16.6. The first kappa shape index (κ1) is 17.7. The fourth-order valence-electron chi connectivity index (χ4n) is 4.28. The second kappa shape index (κ2) is 5.57. The summed E-state index contributed by atoms with van der Waals surface area (Å²) < 4.78 is 12.6. The molecular weight excluding hydrogens is 364 g/mol. The molecule has 146 valence electrons. The lowest BCUT2D eigenvalue weighted by Crippen LogP contribution is -2.32. The maximum absolute atomic E-state index is 10.0. The third-order valence-corrected chi connectivity index (χ3v) is 5.75. The van der Waals surface area contributed by atoms with Gasteiger partial charge in [-0.1, -0.05) is 39.5 Å². The van der Waals surface area contributed by atoms with Crippen LogP contribution in [0.15, 0.2) is 61.2 Å². The zero-order chi connectivity index (χ0) is 20.6. The molecule has 0 saturated heterocycles. The van der Waals surface area contributed by atoms with Crippen LogP contribution in [0.2, 0.25) is 0 Å². The summed E-state index contributed by atoms with van der Waals surface area (Å²) in [6.07, 6.45) is 0. The molecule has 5 rings (SSSR count). The number of ether oxygens (including phenoxy) is 2. The van der Waals surface area contributed by atoms with Gasteiger partial charge in [0.25, 0.3) is 0 Å². The van der Waals surface area contributed by atoms with E-state index in [1.165, 1.54) is 5.56 Å². The molecule has 0 saturated carbocycles. The minimum absolute atomic E-state index is 0.0408. The Labute approximate surface area is 169 Å². The first-order valence-electron chi connectivity index (χ1n) is 9.58. The summed E-state index contributed by atoms with van der Waals surface area (Å²) in [6.45, 7) is 10.7. The van der Waals surface area contributed by atoms with E-state index in [1.54, 1.807) is 24.3 Å². The van der Waals surface area contributed by atoms with Gasteiger partial charge in [-0.2, -0.15) is 0 Å². The first-order chi connectivity index (χ1) is 13.7. The molecule has 2 aliphatic rings. The maximum Gasteiger partial charge on any atom is 0.192 e. The van der Waals surface area contributed by atoms with Crippen molar-refractivity contribution in [3.8, 4) is 23.0 Å². The Balaban J connectivity index is 1.89. The van der Waals surface area contributed by atoms with Gasteiger partial charge in [-0.25, -0.2) is 0 Å². The lowest BCUT2D eigenvalue weighted by molar-refractivity contribution is 0.125. The summed E-state index contributed by atoms with van der Waals surface area (Å²) in [7, 11) is 0. The predicted molar refractivity (Wildman–Crippen MR) is 111 cm³/mol. The fourth-order valence-corrected chi connectivity index (χ4v) is 4.28. The minimum Gasteiger partial charge on any atom is -0.508 e. The van der Waals surface area contributed by atoms with Crippen molar-refractivity contribution in [3.63, 3.8) is 0 Å². The smallest absolute Gasteiger partial charge is 0.192 e. The van der Waals surface area contributed by atoms with Gasteiger partial charge in [0, 0.05) is 34.4 Å². The van der Waals surface area contributed by atoms with Crippen LogP contribution in [-0.4, -0.2) is 10.2 Å². The lowest BCUT2D eigenvalue weighted by Gasteiger charge is -2.37. The number of aromatic hydroxyl groups is 2. The highest BCUT2D eigenvalue weighted by atomic mass is 16.5. The topological polar surface area (TPSA) is 58.9 Å². The average Bonchev–Trinajstić information content (AvgIpc) is 2.93. The highest BCUT2D eigenvalue weighted by Gasteiger charge is 2.52. The standard InChI is InChI=1S/C25H22O4/c1-14-18-8-5-15(24(2,3)4)11-21(18)25(29-14)19-9-6-16(26)12-22(19)28-23-13-17(27)7-10-20(23)25/h5-13,26-27H,1H2,2-4H3. The number of hydrogen-bond donors (Lipinski definition) is 2. The first-order valence-corrected chi connectivity index (χ1v) is 9.58. The van der Waals surface area contributed by atoms with Gasteiger partial charge in [-0.15, -0.1) is 0 Å². The molecule has 2 N–H and O–H groups in total. The Morgan fingerprint density at radius 1 is 0.793 bits per heavy atom. The van der Waals surface area contributed by atoms with E-state index < -0.39 is 5.60 Å². The molecule has 0 radical (unpaired) electrons. The Hall–Kier alpha value is -3.40. The summed E-state index contributed by atoms with van der Waals surface area (Å²) in [4.78, 5) is 0. The molecule has 4 heteroatoms. The monoisotopic (exact) mass is 386 g/mol. The fraction of sp³-hybridized carbons (Fsp3) is 0.200. The normalized spacial score (nSPS) is 15.9. The maximum atomic E-state index is 10.0. The van der Waals surface area contributed by atoms with Gasteiger partial charge in [-0.3, -0.25) is 0 Å². The molecule has 0 unspecified atom stereocenters. The summed E-state index contributed by atoms with van der Waals surface area (Å²) in [5.74, 6) is 1.77. The number of fused-ring (bicyclic) bond motifs is 6. The molecule has 0 bridgehead atoms. The molecule has 2 aliphatic heterocycles. The van der Waals surface area contributed by atoms with Gasteiger partial charge in [0.05, 0.1) is 0 Å². The van der Waals surface area contributed by atoms with Crippen LogP contribution >= 0.6 is 0 Å². The van der Waals surface area contributed by atoms with Crippen molar-refractivity contribution < 1.29 is 19.7 Å². The van der Waals surface area contributed by atoms with Crippen LogP contribution in [0.3, 0.4) is 0 Å². The third kappa shape index (κ3) is 2.38. The summed E-state index contributed by atoms with van der Waals surface area (Å²) in [5, 5.41) is 20.1. The average molecular weight is 386 g/mol. The molecule has 0 atom stereocenters. The molecule has 2 heterocycles. The molecule has 3 aromatic rings. The Morgan fingerprint density at radius 2 is 1.38 bits per heavy atom. The van der Waals surface area contributed by atoms with Crippen molar-refractivity contribution in [2.45, 2.75) is 31.8 Å². The number of phenols is 2. The lowest BCUT2D eigenvalue weighted by atomic mass is 9.75. The quantitative estimate of drug-likeness (QED) is 0.513. The molecule has 0 aromatic heterocycles. The molecule has 29 heavy (non-hydrogen) atoms. The van der Waals surface area contributed by atoms with Crippen molar-refractivity contribution in [2.75, 3.05) is 0 Å². The van der Waals surface area contributed by atoms with Crippen LogP contribution in [0, 0.1) is 0 Å². The van der Waals surface area contributed by atoms with Crippen LogP contribution in [0.5, 0.6) is 23.0 Å². The Kier molecular flexibility index (Phi) is 3.40. The van der Waals surface area contributed by atoms with E-state index in [0.29, 0.717) is 17.3 Å². The molecule has 0 aliphatic carbocycles. The molecule has 4 nitrogen and oxygen atoms in total. The van der Waals surface area contributed by atoms with Crippen LogP contribution < -0.4 is 4.74 Å². The van der Waals surface area contributed by atoms with Gasteiger partial charge in [0.2, 0.25) is 0 Å². The summed E-state index contributed by atoms with van der Waals surface area (Å²) in [5.41, 5.74) is 3.69. The van der Waals surface area contributed by atoms with Crippen LogP contribution in [-0.2, 0) is 15.8 Å². The van der Waals surface area contributed by atoms with Crippen molar-refractivity contribution in [1.82, 2.24) is 0 Å². The van der Waals surface area contributed by atoms with Crippen LogP contribution in [0.4, 0.5) is 0 Å². The largest absolute Gasteiger partial charge is 0.508 e. The summed E-state index contributed by atoms with van der Waals surface area (Å²) >= 11 is 0. The number of hydrogen-bond acceptors (Lipinski definition) is 4. The van der Waals surface area contributed by atoms with Crippen molar-refractivity contribution in [2.24, 2.45) is 0 Å². The van der Waals surface area contributed by atoms with Crippen molar-refractivity contribution >= 4 is 5.76 Å². The minimum atomic E-state index is -0.960. The van der Waals surface area contributed by atoms with Crippen molar-refractivity contribution in [3.05, 3.63) is 89.0 Å². The van der Waals surface area contributed by atoms with E-state index >= 15 is 0 Å². The number of benzene rings is 3. The van der Waals surface area contributed by atoms with Gasteiger partial charge in [0.15, 0.2) is 5.60 Å². The number of rotatable bonds is 0. The van der Waals surface area contributed by atoms with E-state index in [0.717, 1.165) is 22.3 Å². The van der Waals surface area contributed by atoms with Gasteiger partial charge in [-0.05, 0) is 41.3 Å². The molecule has 0 amide bonds. The summed E-state index contributed by atoms with van der Waals surface area (Å²) in [6, 6.07) is 16.4. The molecule has 0 fully saturated rings. The second-order valence-electron chi connectivity index (χ2n) is 8.68. The predicted octanol–water partition coefficient (Wildman–Crippen LogP) is 5.79. The van der Waals surface area contributed by atoms with Gasteiger partial charge in [0.1, 0.15) is 28.8 Å². The van der Waals surface area contributed by atoms with Crippen LogP contribution in [0.25, 0.3) is 5.76 Å². The van der Waals surface area contributed by atoms with E-state index in [9.17, 15) is 10.2 Å². The van der Waals surface area contributed by atoms with E-state index in [2.05, 4.69) is 45.5 Å². The second-order valence-corrected chi connectivity index (χ2v) is 8.68. The zero-order valence-corrected chi connectivity index (χ0v) is 16.6. The van der Waals surface area contributed by atoms with Gasteiger partial charge < -0.3 is 19.7 Å². The Bertz CT molecular complexity index is 1130. The molecule has 1 spiro atoms. The molecule has 3 aromatic carbocycles. The third-order valence-electron chi connectivity index (χ3n) is 5.75.